The van der Waals surface area contributed by atoms with E-state index in [-0.39, 0.29) is 12.7 Å². The smallest absolute Gasteiger partial charge is 0.340 e. The predicted octanol–water partition coefficient (Wildman–Crippen LogP) is 0.679. The average molecular weight is 319 g/mol. The van der Waals surface area contributed by atoms with Gasteiger partial charge in [0.1, 0.15) is 0 Å². The maximum Gasteiger partial charge on any atom is 0.340 e. The van der Waals surface area contributed by atoms with Crippen molar-refractivity contribution in [3.8, 4) is 0 Å². The fourth-order valence-electron chi connectivity index (χ4n) is 0.870. The molecule has 0 spiro atoms. The molecule has 0 saturated heterocycles. The van der Waals surface area contributed by atoms with E-state index in [2.05, 4.69) is 27.6 Å². The van der Waals surface area contributed by atoms with Gasteiger partial charge in [0.25, 0.3) is 0 Å². The average Bonchev–Trinajstić information content (AvgIpc) is 2.17. The van der Waals surface area contributed by atoms with Crippen LogP contribution in [-0.2, 0) is 4.74 Å². The Labute approximate surface area is 101 Å². The topological polar surface area (TPSA) is 90.7 Å². The van der Waals surface area contributed by atoms with Gasteiger partial charge in [-0.15, -0.1) is 0 Å². The number of ether oxygens (including phenoxy) is 1. The molecule has 0 aliphatic rings. The van der Waals surface area contributed by atoms with Crippen molar-refractivity contribution >= 4 is 34.5 Å². The van der Waals surface area contributed by atoms with Gasteiger partial charge in [0.15, 0.2) is 12.7 Å². The van der Waals surface area contributed by atoms with Gasteiger partial charge in [0, 0.05) is 3.57 Å². The SMILES string of the molecule is NC(N)=NCOC(=O)c1ccccc1I. The molecule has 0 bridgehead atoms. The molecular weight excluding hydrogens is 309 g/mol. The summed E-state index contributed by atoms with van der Waals surface area (Å²) in [6, 6.07) is 7.10. The molecule has 0 amide bonds. The fraction of sp³-hybridized carbons (Fsp3) is 0.111. The first-order valence-electron chi connectivity index (χ1n) is 4.08. The zero-order valence-corrected chi connectivity index (χ0v) is 9.97. The van der Waals surface area contributed by atoms with Crippen molar-refractivity contribution in [3.05, 3.63) is 33.4 Å². The van der Waals surface area contributed by atoms with Gasteiger partial charge < -0.3 is 16.2 Å². The first kappa shape index (κ1) is 11.8. The van der Waals surface area contributed by atoms with Crippen LogP contribution < -0.4 is 11.5 Å². The van der Waals surface area contributed by atoms with Gasteiger partial charge in [0.2, 0.25) is 0 Å². The van der Waals surface area contributed by atoms with Crippen molar-refractivity contribution in [2.75, 3.05) is 6.73 Å². The van der Waals surface area contributed by atoms with E-state index in [9.17, 15) is 4.79 Å². The minimum Gasteiger partial charge on any atom is -0.439 e. The number of aliphatic imine (C=N–C) groups is 1. The molecule has 0 aromatic heterocycles. The summed E-state index contributed by atoms with van der Waals surface area (Å²) in [4.78, 5) is 15.0. The van der Waals surface area contributed by atoms with Crippen LogP contribution in [0.2, 0.25) is 0 Å². The number of guanidine groups is 1. The zero-order chi connectivity index (χ0) is 11.3. The summed E-state index contributed by atoms with van der Waals surface area (Å²) < 4.78 is 5.65. The van der Waals surface area contributed by atoms with E-state index in [1.165, 1.54) is 0 Å². The molecule has 0 saturated carbocycles. The highest BCUT2D eigenvalue weighted by Gasteiger charge is 2.09. The minimum absolute atomic E-state index is 0.106. The summed E-state index contributed by atoms with van der Waals surface area (Å²) in [5.41, 5.74) is 10.7. The van der Waals surface area contributed by atoms with Gasteiger partial charge in [-0.25, -0.2) is 9.79 Å². The van der Waals surface area contributed by atoms with Gasteiger partial charge in [0.05, 0.1) is 5.56 Å². The fourth-order valence-corrected chi connectivity index (χ4v) is 1.48. The van der Waals surface area contributed by atoms with Crippen LogP contribution in [0.25, 0.3) is 0 Å². The molecule has 1 aromatic rings. The van der Waals surface area contributed by atoms with Crippen molar-refractivity contribution in [1.29, 1.82) is 0 Å². The normalized spacial score (nSPS) is 9.40. The predicted molar refractivity (Wildman–Crippen MR) is 65.3 cm³/mol. The number of hydrogen-bond acceptors (Lipinski definition) is 3. The van der Waals surface area contributed by atoms with E-state index in [1.54, 1.807) is 12.1 Å². The van der Waals surface area contributed by atoms with Crippen LogP contribution >= 0.6 is 22.6 Å². The molecule has 0 aliphatic carbocycles. The second-order valence-electron chi connectivity index (χ2n) is 2.62. The highest BCUT2D eigenvalue weighted by molar-refractivity contribution is 14.1. The Morgan fingerprint density at radius 1 is 1.40 bits per heavy atom. The van der Waals surface area contributed by atoms with Crippen molar-refractivity contribution in [1.82, 2.24) is 0 Å². The van der Waals surface area contributed by atoms with E-state index in [0.29, 0.717) is 5.56 Å². The van der Waals surface area contributed by atoms with Crippen LogP contribution in [0.15, 0.2) is 29.3 Å². The molecule has 6 heteroatoms. The number of halogens is 1. The van der Waals surface area contributed by atoms with Crippen molar-refractivity contribution in [3.63, 3.8) is 0 Å². The first-order chi connectivity index (χ1) is 7.11. The lowest BCUT2D eigenvalue weighted by Crippen LogP contribution is -2.23. The summed E-state index contributed by atoms with van der Waals surface area (Å²) in [5, 5.41) is 0. The maximum absolute atomic E-state index is 11.5. The third kappa shape index (κ3) is 3.74. The van der Waals surface area contributed by atoms with Gasteiger partial charge in [-0.05, 0) is 34.7 Å². The maximum atomic E-state index is 11.5. The van der Waals surface area contributed by atoms with Gasteiger partial charge in [-0.3, -0.25) is 0 Å². The number of nitrogens with two attached hydrogens (primary N) is 2. The number of hydrogen-bond donors (Lipinski definition) is 2. The van der Waals surface area contributed by atoms with Gasteiger partial charge in [-0.2, -0.15) is 0 Å². The molecule has 15 heavy (non-hydrogen) atoms. The third-order valence-electron chi connectivity index (χ3n) is 1.54. The summed E-state index contributed by atoms with van der Waals surface area (Å²) in [6.07, 6.45) is 0. The Morgan fingerprint density at radius 2 is 2.07 bits per heavy atom. The molecular formula is C9H10IN3O2. The summed E-state index contributed by atoms with van der Waals surface area (Å²) in [7, 11) is 0. The number of rotatable bonds is 3. The molecule has 0 atom stereocenters. The third-order valence-corrected chi connectivity index (χ3v) is 2.48. The van der Waals surface area contributed by atoms with E-state index in [4.69, 9.17) is 16.2 Å². The Kier molecular flexibility index (Phi) is 4.35. The molecule has 0 heterocycles. The van der Waals surface area contributed by atoms with Crippen LogP contribution in [0.1, 0.15) is 10.4 Å². The lowest BCUT2D eigenvalue weighted by Gasteiger charge is -2.03. The monoisotopic (exact) mass is 319 g/mol. The Hall–Kier alpha value is -1.31. The highest BCUT2D eigenvalue weighted by Crippen LogP contribution is 2.12. The molecule has 0 aliphatic heterocycles. The van der Waals surface area contributed by atoms with E-state index < -0.39 is 5.97 Å². The lowest BCUT2D eigenvalue weighted by molar-refractivity contribution is 0.0516. The van der Waals surface area contributed by atoms with Crippen LogP contribution in [0.5, 0.6) is 0 Å². The van der Waals surface area contributed by atoms with Crippen LogP contribution in [0.3, 0.4) is 0 Å². The molecule has 1 rings (SSSR count). The van der Waals surface area contributed by atoms with E-state index in [0.717, 1.165) is 3.57 Å². The van der Waals surface area contributed by atoms with Crippen molar-refractivity contribution in [2.24, 2.45) is 16.5 Å². The molecule has 0 fully saturated rings. The molecule has 0 radical (unpaired) electrons. The summed E-state index contributed by atoms with van der Waals surface area (Å²) >= 11 is 2.05. The van der Waals surface area contributed by atoms with Crippen LogP contribution in [0.4, 0.5) is 0 Å². The lowest BCUT2D eigenvalue weighted by atomic mass is 10.2. The van der Waals surface area contributed by atoms with Gasteiger partial charge >= 0.3 is 5.97 Å². The number of carbonyl (C=O) groups excluding carboxylic acids is 1. The van der Waals surface area contributed by atoms with E-state index >= 15 is 0 Å². The number of benzene rings is 1. The molecule has 80 valence electrons. The standard InChI is InChI=1S/C9H10IN3O2/c10-7-4-2-1-3-6(7)8(14)15-5-13-9(11)12/h1-4H,5H2,(H4,11,12,13). The second-order valence-corrected chi connectivity index (χ2v) is 3.79. The Bertz CT molecular complexity index is 389. The number of nitrogens with zero attached hydrogens (tertiary/aromatic N) is 1. The quantitative estimate of drug-likeness (QED) is 0.371. The minimum atomic E-state index is -0.440. The van der Waals surface area contributed by atoms with Gasteiger partial charge in [-0.1, -0.05) is 12.1 Å². The second kappa shape index (κ2) is 5.54. The first-order valence-corrected chi connectivity index (χ1v) is 5.16. The molecule has 0 unspecified atom stereocenters. The molecule has 4 N–H and O–H groups in total. The Balaban J connectivity index is 2.62. The van der Waals surface area contributed by atoms with Crippen LogP contribution in [0, 0.1) is 3.57 Å². The highest BCUT2D eigenvalue weighted by atomic mass is 127. The van der Waals surface area contributed by atoms with Crippen LogP contribution in [-0.4, -0.2) is 18.7 Å². The summed E-state index contributed by atoms with van der Waals surface area (Å²) in [5.74, 6) is -0.546. The summed E-state index contributed by atoms with van der Waals surface area (Å²) in [6.45, 7) is -0.161. The zero-order valence-electron chi connectivity index (χ0n) is 7.81. The number of esters is 1. The van der Waals surface area contributed by atoms with E-state index in [1.807, 2.05) is 12.1 Å². The number of carbonyl (C=O) groups is 1. The molecule has 5 nitrogen and oxygen atoms in total. The van der Waals surface area contributed by atoms with Crippen molar-refractivity contribution in [2.45, 2.75) is 0 Å². The molecule has 1 aromatic carbocycles. The Morgan fingerprint density at radius 3 is 2.67 bits per heavy atom. The van der Waals surface area contributed by atoms with Crippen molar-refractivity contribution < 1.29 is 9.53 Å². The largest absolute Gasteiger partial charge is 0.439 e.